The van der Waals surface area contributed by atoms with Crippen LogP contribution in [-0.2, 0) is 24.3 Å². The van der Waals surface area contributed by atoms with Gasteiger partial charge in [0.25, 0.3) is 0 Å². The SMILES string of the molecule is Cc1nc2ccccc2c(C)c1CC(=O)NCc1ccccc1CN1CCCC1. The van der Waals surface area contributed by atoms with Crippen LogP contribution >= 0.6 is 0 Å². The monoisotopic (exact) mass is 387 g/mol. The van der Waals surface area contributed by atoms with Crippen molar-refractivity contribution < 1.29 is 4.79 Å². The molecule has 1 aliphatic heterocycles. The molecule has 4 rings (SSSR count). The van der Waals surface area contributed by atoms with Gasteiger partial charge in [-0.3, -0.25) is 14.7 Å². The van der Waals surface area contributed by atoms with Crippen LogP contribution in [0.3, 0.4) is 0 Å². The number of carbonyl (C=O) groups is 1. The number of pyridine rings is 1. The molecule has 0 unspecified atom stereocenters. The van der Waals surface area contributed by atoms with Crippen LogP contribution in [0.5, 0.6) is 0 Å². The largest absolute Gasteiger partial charge is 0.352 e. The number of likely N-dealkylation sites (tertiary alicyclic amines) is 1. The Kier molecular flexibility index (Phi) is 5.91. The van der Waals surface area contributed by atoms with Gasteiger partial charge in [-0.05, 0) is 68.1 Å². The zero-order chi connectivity index (χ0) is 20.2. The Morgan fingerprint density at radius 1 is 1.00 bits per heavy atom. The number of hydrogen-bond donors (Lipinski definition) is 1. The van der Waals surface area contributed by atoms with Crippen LogP contribution in [0.4, 0.5) is 0 Å². The molecule has 0 atom stereocenters. The zero-order valence-corrected chi connectivity index (χ0v) is 17.4. The van der Waals surface area contributed by atoms with E-state index >= 15 is 0 Å². The molecule has 1 amide bonds. The molecule has 0 saturated carbocycles. The van der Waals surface area contributed by atoms with E-state index in [9.17, 15) is 4.79 Å². The molecule has 0 radical (unpaired) electrons. The molecule has 29 heavy (non-hydrogen) atoms. The maximum absolute atomic E-state index is 12.7. The standard InChI is InChI=1S/C25H29N3O/c1-18-22-11-5-6-12-24(22)27-19(2)23(18)15-25(29)26-16-20-9-3-4-10-21(20)17-28-13-7-8-14-28/h3-6,9-12H,7-8,13-17H2,1-2H3,(H,26,29). The van der Waals surface area contributed by atoms with Gasteiger partial charge in [-0.2, -0.15) is 0 Å². The normalized spacial score (nSPS) is 14.4. The Labute approximate surface area is 173 Å². The molecule has 0 bridgehead atoms. The number of fused-ring (bicyclic) bond motifs is 1. The van der Waals surface area contributed by atoms with Gasteiger partial charge in [-0.25, -0.2) is 0 Å². The summed E-state index contributed by atoms with van der Waals surface area (Å²) in [5, 5.41) is 4.25. The van der Waals surface area contributed by atoms with E-state index in [2.05, 4.69) is 47.5 Å². The van der Waals surface area contributed by atoms with Crippen LogP contribution in [0.25, 0.3) is 10.9 Å². The first-order chi connectivity index (χ1) is 14.1. The van der Waals surface area contributed by atoms with Crippen molar-refractivity contribution in [3.8, 4) is 0 Å². The molecule has 4 nitrogen and oxygen atoms in total. The molecular formula is C25H29N3O. The van der Waals surface area contributed by atoms with E-state index in [4.69, 9.17) is 4.98 Å². The highest BCUT2D eigenvalue weighted by Gasteiger charge is 2.15. The fraction of sp³-hybridized carbons (Fsp3) is 0.360. The number of amides is 1. The van der Waals surface area contributed by atoms with Crippen molar-refractivity contribution in [1.82, 2.24) is 15.2 Å². The van der Waals surface area contributed by atoms with E-state index in [1.807, 2.05) is 25.1 Å². The number of benzene rings is 2. The molecule has 1 aromatic heterocycles. The molecule has 1 saturated heterocycles. The van der Waals surface area contributed by atoms with Crippen molar-refractivity contribution in [2.45, 2.75) is 46.2 Å². The number of para-hydroxylation sites is 1. The molecule has 4 heteroatoms. The number of carbonyl (C=O) groups excluding carboxylic acids is 1. The molecule has 0 spiro atoms. The molecule has 0 aliphatic carbocycles. The minimum Gasteiger partial charge on any atom is -0.352 e. The zero-order valence-electron chi connectivity index (χ0n) is 17.4. The second kappa shape index (κ2) is 8.75. The lowest BCUT2D eigenvalue weighted by Gasteiger charge is -2.18. The predicted molar refractivity (Wildman–Crippen MR) is 118 cm³/mol. The van der Waals surface area contributed by atoms with E-state index < -0.39 is 0 Å². The van der Waals surface area contributed by atoms with Crippen molar-refractivity contribution in [3.05, 3.63) is 76.5 Å². The molecule has 1 fully saturated rings. The average Bonchev–Trinajstić information content (AvgIpc) is 3.23. The Morgan fingerprint density at radius 3 is 2.48 bits per heavy atom. The molecule has 2 heterocycles. The van der Waals surface area contributed by atoms with Crippen molar-refractivity contribution in [2.24, 2.45) is 0 Å². The highest BCUT2D eigenvalue weighted by molar-refractivity contribution is 5.86. The molecule has 1 N–H and O–H groups in total. The molecular weight excluding hydrogens is 358 g/mol. The Hall–Kier alpha value is -2.72. The van der Waals surface area contributed by atoms with Crippen LogP contribution in [0.1, 0.15) is 40.8 Å². The summed E-state index contributed by atoms with van der Waals surface area (Å²) in [5.74, 6) is 0.0456. The first-order valence-electron chi connectivity index (χ1n) is 10.5. The third-order valence-corrected chi connectivity index (χ3v) is 6.01. The van der Waals surface area contributed by atoms with E-state index in [0.29, 0.717) is 13.0 Å². The summed E-state index contributed by atoms with van der Waals surface area (Å²) in [5.41, 5.74) is 6.63. The average molecular weight is 388 g/mol. The third kappa shape index (κ3) is 4.48. The molecule has 2 aromatic carbocycles. The maximum atomic E-state index is 12.7. The summed E-state index contributed by atoms with van der Waals surface area (Å²) in [6.07, 6.45) is 2.94. The molecule has 3 aromatic rings. The summed E-state index contributed by atoms with van der Waals surface area (Å²) in [6.45, 7) is 7.97. The van der Waals surface area contributed by atoms with Gasteiger partial charge in [0.15, 0.2) is 0 Å². The van der Waals surface area contributed by atoms with Gasteiger partial charge in [0.05, 0.1) is 11.9 Å². The van der Waals surface area contributed by atoms with Gasteiger partial charge in [0, 0.05) is 24.2 Å². The summed E-state index contributed by atoms with van der Waals surface area (Å²) < 4.78 is 0. The number of hydrogen-bond acceptors (Lipinski definition) is 3. The number of aromatic nitrogens is 1. The topological polar surface area (TPSA) is 45.2 Å². The van der Waals surface area contributed by atoms with Gasteiger partial charge in [0.2, 0.25) is 5.91 Å². The van der Waals surface area contributed by atoms with Gasteiger partial charge in [0.1, 0.15) is 0 Å². The fourth-order valence-corrected chi connectivity index (χ4v) is 4.31. The quantitative estimate of drug-likeness (QED) is 0.686. The van der Waals surface area contributed by atoms with E-state index in [0.717, 1.165) is 34.3 Å². The second-order valence-electron chi connectivity index (χ2n) is 8.02. The first-order valence-corrected chi connectivity index (χ1v) is 10.5. The fourth-order valence-electron chi connectivity index (χ4n) is 4.31. The lowest BCUT2D eigenvalue weighted by Crippen LogP contribution is -2.27. The number of nitrogens with zero attached hydrogens (tertiary/aromatic N) is 2. The van der Waals surface area contributed by atoms with Crippen molar-refractivity contribution >= 4 is 16.8 Å². The third-order valence-electron chi connectivity index (χ3n) is 6.01. The lowest BCUT2D eigenvalue weighted by atomic mass is 9.99. The minimum atomic E-state index is 0.0456. The van der Waals surface area contributed by atoms with Crippen molar-refractivity contribution in [1.29, 1.82) is 0 Å². The summed E-state index contributed by atoms with van der Waals surface area (Å²) in [7, 11) is 0. The lowest BCUT2D eigenvalue weighted by molar-refractivity contribution is -0.120. The Balaban J connectivity index is 1.44. The Morgan fingerprint density at radius 2 is 1.69 bits per heavy atom. The number of rotatable bonds is 6. The van der Waals surface area contributed by atoms with Crippen LogP contribution in [-0.4, -0.2) is 28.9 Å². The summed E-state index contributed by atoms with van der Waals surface area (Å²) in [6, 6.07) is 16.6. The van der Waals surface area contributed by atoms with E-state index in [1.54, 1.807) is 0 Å². The van der Waals surface area contributed by atoms with Crippen LogP contribution in [0.2, 0.25) is 0 Å². The predicted octanol–water partition coefficient (Wildman–Crippen LogP) is 4.31. The summed E-state index contributed by atoms with van der Waals surface area (Å²) in [4.78, 5) is 19.9. The minimum absolute atomic E-state index is 0.0456. The van der Waals surface area contributed by atoms with Crippen LogP contribution in [0, 0.1) is 13.8 Å². The van der Waals surface area contributed by atoms with E-state index in [-0.39, 0.29) is 5.91 Å². The van der Waals surface area contributed by atoms with Gasteiger partial charge < -0.3 is 5.32 Å². The highest BCUT2D eigenvalue weighted by Crippen LogP contribution is 2.23. The van der Waals surface area contributed by atoms with Gasteiger partial charge in [-0.1, -0.05) is 42.5 Å². The van der Waals surface area contributed by atoms with Crippen molar-refractivity contribution in [2.75, 3.05) is 13.1 Å². The van der Waals surface area contributed by atoms with Gasteiger partial charge >= 0.3 is 0 Å². The number of nitrogens with one attached hydrogen (secondary N) is 1. The smallest absolute Gasteiger partial charge is 0.224 e. The molecule has 1 aliphatic rings. The van der Waals surface area contributed by atoms with Crippen LogP contribution < -0.4 is 5.32 Å². The second-order valence-corrected chi connectivity index (χ2v) is 8.02. The Bertz CT molecular complexity index is 1020. The maximum Gasteiger partial charge on any atom is 0.224 e. The van der Waals surface area contributed by atoms with Crippen molar-refractivity contribution in [3.63, 3.8) is 0 Å². The number of aryl methyl sites for hydroxylation is 2. The van der Waals surface area contributed by atoms with Gasteiger partial charge in [-0.15, -0.1) is 0 Å². The summed E-state index contributed by atoms with van der Waals surface area (Å²) >= 11 is 0. The highest BCUT2D eigenvalue weighted by atomic mass is 16.1. The molecule has 150 valence electrons. The first kappa shape index (κ1) is 19.6. The van der Waals surface area contributed by atoms with E-state index in [1.165, 1.54) is 37.1 Å². The van der Waals surface area contributed by atoms with Crippen LogP contribution in [0.15, 0.2) is 48.5 Å².